The minimum Gasteiger partial charge on any atom is -0.349 e. The predicted octanol–water partition coefficient (Wildman–Crippen LogP) is 4.70. The van der Waals surface area contributed by atoms with Crippen LogP contribution in [0.3, 0.4) is 0 Å². The highest BCUT2D eigenvalue weighted by molar-refractivity contribution is 7.09. The summed E-state index contributed by atoms with van der Waals surface area (Å²) >= 11 is 1.51. The van der Waals surface area contributed by atoms with Gasteiger partial charge in [0.05, 0.1) is 29.7 Å². The molecular weight excluding hydrogens is 401 g/mol. The predicted molar refractivity (Wildman–Crippen MR) is 117 cm³/mol. The van der Waals surface area contributed by atoms with Crippen molar-refractivity contribution >= 4 is 28.8 Å². The molecule has 1 unspecified atom stereocenters. The van der Waals surface area contributed by atoms with Gasteiger partial charge < -0.3 is 10.2 Å². The molecular formula is C23H24FN3O2S. The molecule has 0 aliphatic heterocycles. The maximum atomic E-state index is 13.4. The zero-order chi connectivity index (χ0) is 21.7. The Labute approximate surface area is 179 Å². The molecule has 0 aliphatic rings. The fourth-order valence-electron chi connectivity index (χ4n) is 3.17. The highest BCUT2D eigenvalue weighted by Gasteiger charge is 2.23. The molecule has 0 bridgehead atoms. The lowest BCUT2D eigenvalue weighted by Gasteiger charge is -2.25. The Hall–Kier alpha value is -3.06. The highest BCUT2D eigenvalue weighted by atomic mass is 32.1. The fraction of sp³-hybridized carbons (Fsp3) is 0.261. The lowest BCUT2D eigenvalue weighted by molar-refractivity contribution is -0.121. The lowest BCUT2D eigenvalue weighted by Crippen LogP contribution is -2.35. The number of hydrogen-bond donors (Lipinski definition) is 1. The number of nitrogens with zero attached hydrogens (tertiary/aromatic N) is 2. The summed E-state index contributed by atoms with van der Waals surface area (Å²) < 4.78 is 13.4. The summed E-state index contributed by atoms with van der Waals surface area (Å²) in [7, 11) is 0. The molecule has 3 rings (SSSR count). The number of thiazole rings is 1. The molecule has 1 N–H and O–H groups in total. The molecule has 1 aromatic heterocycles. The maximum absolute atomic E-state index is 13.4. The van der Waals surface area contributed by atoms with E-state index in [9.17, 15) is 14.0 Å². The number of anilines is 1. The van der Waals surface area contributed by atoms with Crippen molar-refractivity contribution in [1.29, 1.82) is 0 Å². The quantitative estimate of drug-likeness (QED) is 0.597. The number of amides is 2. The van der Waals surface area contributed by atoms with Crippen LogP contribution in [0.5, 0.6) is 0 Å². The summed E-state index contributed by atoms with van der Waals surface area (Å²) in [5, 5.41) is 5.69. The third-order valence-corrected chi connectivity index (χ3v) is 5.48. The first-order chi connectivity index (χ1) is 14.3. The number of carbonyl (C=O) groups is 2. The van der Waals surface area contributed by atoms with Gasteiger partial charge in [0.2, 0.25) is 11.8 Å². The molecule has 3 aromatic rings. The van der Waals surface area contributed by atoms with E-state index in [4.69, 9.17) is 0 Å². The molecule has 0 spiro atoms. The Bertz CT molecular complexity index is 1020. The number of nitrogens with one attached hydrogen (secondary N) is 1. The summed E-state index contributed by atoms with van der Waals surface area (Å²) in [5.41, 5.74) is 3.30. The van der Waals surface area contributed by atoms with Crippen molar-refractivity contribution in [2.75, 3.05) is 4.90 Å². The fourth-order valence-corrected chi connectivity index (χ4v) is 3.77. The molecule has 156 valence electrons. The van der Waals surface area contributed by atoms with Crippen molar-refractivity contribution in [3.8, 4) is 0 Å². The normalized spacial score (nSPS) is 11.7. The molecule has 0 saturated carbocycles. The molecule has 0 saturated heterocycles. The Morgan fingerprint density at radius 2 is 1.77 bits per heavy atom. The van der Waals surface area contributed by atoms with Crippen molar-refractivity contribution < 1.29 is 14.0 Å². The summed E-state index contributed by atoms with van der Waals surface area (Å²) in [6.45, 7) is 5.59. The molecule has 1 atom stereocenters. The van der Waals surface area contributed by atoms with Crippen LogP contribution in [0.15, 0.2) is 53.9 Å². The molecule has 1 heterocycles. The van der Waals surface area contributed by atoms with Gasteiger partial charge in [-0.25, -0.2) is 9.37 Å². The van der Waals surface area contributed by atoms with E-state index in [1.165, 1.54) is 30.4 Å². The van der Waals surface area contributed by atoms with E-state index in [0.29, 0.717) is 5.69 Å². The second-order valence-electron chi connectivity index (χ2n) is 7.18. The van der Waals surface area contributed by atoms with Gasteiger partial charge in [-0.15, -0.1) is 11.3 Å². The zero-order valence-corrected chi connectivity index (χ0v) is 18.0. The summed E-state index contributed by atoms with van der Waals surface area (Å²) in [5.74, 6) is -0.769. The van der Waals surface area contributed by atoms with E-state index >= 15 is 0 Å². The van der Waals surface area contributed by atoms with Crippen molar-refractivity contribution in [3.63, 3.8) is 0 Å². The molecule has 7 heteroatoms. The number of halogens is 1. The van der Waals surface area contributed by atoms with Crippen LogP contribution >= 0.6 is 11.3 Å². The van der Waals surface area contributed by atoms with Gasteiger partial charge in [-0.05, 0) is 43.7 Å². The molecule has 2 amide bonds. The van der Waals surface area contributed by atoms with Gasteiger partial charge in [0.25, 0.3) is 0 Å². The van der Waals surface area contributed by atoms with Gasteiger partial charge in [-0.1, -0.05) is 29.8 Å². The second kappa shape index (κ2) is 9.63. The highest BCUT2D eigenvalue weighted by Crippen LogP contribution is 2.24. The van der Waals surface area contributed by atoms with Crippen LogP contribution in [-0.4, -0.2) is 16.8 Å². The average molecular weight is 426 g/mol. The van der Waals surface area contributed by atoms with Crippen molar-refractivity contribution in [3.05, 3.63) is 81.6 Å². The van der Waals surface area contributed by atoms with Crippen molar-refractivity contribution in [2.45, 2.75) is 39.8 Å². The molecule has 0 aliphatic carbocycles. The largest absolute Gasteiger partial charge is 0.349 e. The number of hydrogen-bond acceptors (Lipinski definition) is 4. The minimum absolute atomic E-state index is 0.0726. The molecule has 5 nitrogen and oxygen atoms in total. The van der Waals surface area contributed by atoms with E-state index in [-0.39, 0.29) is 30.6 Å². The van der Waals surface area contributed by atoms with Gasteiger partial charge in [-0.3, -0.25) is 9.59 Å². The summed E-state index contributed by atoms with van der Waals surface area (Å²) in [4.78, 5) is 31.1. The third-order valence-electron chi connectivity index (χ3n) is 4.66. The van der Waals surface area contributed by atoms with Crippen LogP contribution in [-0.2, 0) is 16.1 Å². The molecule has 2 aromatic carbocycles. The molecule has 0 radical (unpaired) electrons. The van der Waals surface area contributed by atoms with E-state index in [1.54, 1.807) is 17.0 Å². The van der Waals surface area contributed by atoms with Crippen LogP contribution in [0, 0.1) is 19.7 Å². The first-order valence-corrected chi connectivity index (χ1v) is 10.5. The zero-order valence-electron chi connectivity index (χ0n) is 17.2. The second-order valence-corrected chi connectivity index (χ2v) is 8.24. The van der Waals surface area contributed by atoms with E-state index in [0.717, 1.165) is 21.8 Å². The monoisotopic (exact) mass is 425 g/mol. The van der Waals surface area contributed by atoms with E-state index < -0.39 is 6.04 Å². The van der Waals surface area contributed by atoms with E-state index in [1.807, 2.05) is 43.5 Å². The van der Waals surface area contributed by atoms with Crippen LogP contribution in [0.2, 0.25) is 0 Å². The van der Waals surface area contributed by atoms with Gasteiger partial charge in [0.1, 0.15) is 5.82 Å². The number of benzene rings is 2. The molecule has 0 fully saturated rings. The van der Waals surface area contributed by atoms with Gasteiger partial charge >= 0.3 is 0 Å². The number of rotatable bonds is 7. The van der Waals surface area contributed by atoms with Gasteiger partial charge in [-0.2, -0.15) is 0 Å². The van der Waals surface area contributed by atoms with Crippen molar-refractivity contribution in [1.82, 2.24) is 10.3 Å². The SMILES string of the molecule is CC(=O)NC(CC(=O)N(Cc1csc(C)n1)c1ccc(F)cc1)c1ccc(C)cc1. The Morgan fingerprint density at radius 1 is 1.10 bits per heavy atom. The number of aryl methyl sites for hydroxylation is 2. The van der Waals surface area contributed by atoms with E-state index in [2.05, 4.69) is 10.3 Å². The van der Waals surface area contributed by atoms with Gasteiger partial charge in [0, 0.05) is 18.0 Å². The van der Waals surface area contributed by atoms with Gasteiger partial charge in [0.15, 0.2) is 0 Å². The minimum atomic E-state index is -0.462. The Balaban J connectivity index is 1.88. The summed E-state index contributed by atoms with van der Waals surface area (Å²) in [6.07, 6.45) is 0.0726. The number of aromatic nitrogens is 1. The maximum Gasteiger partial charge on any atom is 0.229 e. The third kappa shape index (κ3) is 5.73. The summed E-state index contributed by atoms with van der Waals surface area (Å²) in [6, 6.07) is 13.1. The standard InChI is InChI=1S/C23H24FN3O2S/c1-15-4-6-18(7-5-15)22(25-16(2)28)12-23(29)27(13-20-14-30-17(3)26-20)21-10-8-19(24)9-11-21/h4-11,14,22H,12-13H2,1-3H3,(H,25,28). The lowest BCUT2D eigenvalue weighted by atomic mass is 10.0. The Kier molecular flexibility index (Phi) is 6.95. The topological polar surface area (TPSA) is 62.3 Å². The number of carbonyl (C=O) groups excluding carboxylic acids is 2. The van der Waals surface area contributed by atoms with Crippen LogP contribution in [0.1, 0.15) is 41.2 Å². The first kappa shape index (κ1) is 21.6. The van der Waals surface area contributed by atoms with Crippen LogP contribution in [0.25, 0.3) is 0 Å². The Morgan fingerprint density at radius 3 is 2.33 bits per heavy atom. The van der Waals surface area contributed by atoms with Crippen LogP contribution in [0.4, 0.5) is 10.1 Å². The first-order valence-electron chi connectivity index (χ1n) is 9.62. The van der Waals surface area contributed by atoms with Crippen molar-refractivity contribution in [2.24, 2.45) is 0 Å². The smallest absolute Gasteiger partial charge is 0.229 e. The van der Waals surface area contributed by atoms with Crippen LogP contribution < -0.4 is 10.2 Å². The molecule has 30 heavy (non-hydrogen) atoms. The average Bonchev–Trinajstić information content (AvgIpc) is 3.11.